The molecule has 2 N–H and O–H groups in total. The maximum absolute atomic E-state index is 12.3. The minimum absolute atomic E-state index is 0.0865. The molecule has 1 aliphatic rings. The lowest BCUT2D eigenvalue weighted by atomic mass is 10.1. The molecule has 0 saturated carbocycles. The summed E-state index contributed by atoms with van der Waals surface area (Å²) < 4.78 is 2.07. The third-order valence-corrected chi connectivity index (χ3v) is 3.22. The largest absolute Gasteiger partial charge is 0.318 e. The van der Waals surface area contributed by atoms with Crippen LogP contribution in [0.5, 0.6) is 0 Å². The summed E-state index contributed by atoms with van der Waals surface area (Å²) in [5.41, 5.74) is 7.00. The zero-order valence-electron chi connectivity index (χ0n) is 10.6. The first kappa shape index (κ1) is 11.2. The molecule has 5 nitrogen and oxygen atoms in total. The molecule has 0 spiro atoms. The van der Waals surface area contributed by atoms with Crippen LogP contribution in [0.15, 0.2) is 24.3 Å². The highest BCUT2D eigenvalue weighted by Gasteiger charge is 2.34. The van der Waals surface area contributed by atoms with E-state index < -0.39 is 5.54 Å². The highest BCUT2D eigenvalue weighted by atomic mass is 16.2. The fraction of sp³-hybridized carbons (Fsp3) is 0.385. The standard InChI is InChI=1S/C13H16N4O/c1-13(2,14)11(18)17-8-7-16-10-6-4-3-5-9(10)15-12(16)17/h3-6H,7-8,14H2,1-2H3. The number of carbonyl (C=O) groups is 1. The average molecular weight is 244 g/mol. The summed E-state index contributed by atoms with van der Waals surface area (Å²) in [5.74, 6) is 0.622. The maximum atomic E-state index is 12.3. The number of hydrogen-bond acceptors (Lipinski definition) is 3. The lowest BCUT2D eigenvalue weighted by molar-refractivity contribution is -0.122. The third-order valence-electron chi connectivity index (χ3n) is 3.22. The zero-order valence-corrected chi connectivity index (χ0v) is 10.6. The van der Waals surface area contributed by atoms with Crippen LogP contribution in [0.3, 0.4) is 0 Å². The topological polar surface area (TPSA) is 64.2 Å². The molecule has 1 aromatic heterocycles. The van der Waals surface area contributed by atoms with Crippen molar-refractivity contribution in [3.8, 4) is 0 Å². The zero-order chi connectivity index (χ0) is 12.9. The van der Waals surface area contributed by atoms with Gasteiger partial charge in [-0.05, 0) is 26.0 Å². The molecule has 1 amide bonds. The van der Waals surface area contributed by atoms with Crippen LogP contribution in [0.2, 0.25) is 0 Å². The van der Waals surface area contributed by atoms with Gasteiger partial charge in [0.2, 0.25) is 11.9 Å². The van der Waals surface area contributed by atoms with Gasteiger partial charge in [-0.2, -0.15) is 0 Å². The number of carbonyl (C=O) groups excluding carboxylic acids is 1. The van der Waals surface area contributed by atoms with E-state index in [0.717, 1.165) is 17.6 Å². The molecule has 0 aliphatic carbocycles. The number of nitrogens with two attached hydrogens (primary N) is 1. The smallest absolute Gasteiger partial charge is 0.248 e. The fourth-order valence-corrected chi connectivity index (χ4v) is 2.33. The van der Waals surface area contributed by atoms with Gasteiger partial charge in [-0.3, -0.25) is 9.69 Å². The highest BCUT2D eigenvalue weighted by Crippen LogP contribution is 2.28. The first-order chi connectivity index (χ1) is 8.48. The maximum Gasteiger partial charge on any atom is 0.248 e. The number of amides is 1. The molecule has 5 heteroatoms. The molecule has 3 rings (SSSR count). The van der Waals surface area contributed by atoms with Gasteiger partial charge >= 0.3 is 0 Å². The molecule has 0 unspecified atom stereocenters. The summed E-state index contributed by atoms with van der Waals surface area (Å²) in [4.78, 5) is 18.5. The number of rotatable bonds is 1. The monoisotopic (exact) mass is 244 g/mol. The second-order valence-corrected chi connectivity index (χ2v) is 5.23. The van der Waals surface area contributed by atoms with Crippen molar-refractivity contribution in [3.63, 3.8) is 0 Å². The quantitative estimate of drug-likeness (QED) is 0.817. The molecular weight excluding hydrogens is 228 g/mol. The van der Waals surface area contributed by atoms with Crippen molar-refractivity contribution in [3.05, 3.63) is 24.3 Å². The molecule has 2 heterocycles. The van der Waals surface area contributed by atoms with Gasteiger partial charge in [0.25, 0.3) is 0 Å². The molecule has 94 valence electrons. The van der Waals surface area contributed by atoms with Crippen LogP contribution in [0.4, 0.5) is 5.95 Å². The Morgan fingerprint density at radius 2 is 2.06 bits per heavy atom. The Morgan fingerprint density at radius 1 is 1.33 bits per heavy atom. The second kappa shape index (κ2) is 3.55. The first-order valence-electron chi connectivity index (χ1n) is 6.04. The van der Waals surface area contributed by atoms with Crippen LogP contribution in [0.25, 0.3) is 11.0 Å². The Bertz CT molecular complexity index is 623. The van der Waals surface area contributed by atoms with Gasteiger partial charge in [0.1, 0.15) is 0 Å². The van der Waals surface area contributed by atoms with Crippen LogP contribution in [0.1, 0.15) is 13.8 Å². The Balaban J connectivity index is 2.09. The van der Waals surface area contributed by atoms with Gasteiger partial charge in [-0.1, -0.05) is 12.1 Å². The van der Waals surface area contributed by atoms with Crippen LogP contribution in [-0.2, 0) is 11.3 Å². The number of para-hydroxylation sites is 2. The summed E-state index contributed by atoms with van der Waals surface area (Å²) in [6.07, 6.45) is 0. The molecule has 1 aliphatic heterocycles. The van der Waals surface area contributed by atoms with Crippen molar-refractivity contribution in [2.75, 3.05) is 11.4 Å². The van der Waals surface area contributed by atoms with Crippen molar-refractivity contribution in [1.29, 1.82) is 0 Å². The predicted molar refractivity (Wildman–Crippen MR) is 70.4 cm³/mol. The van der Waals surface area contributed by atoms with Gasteiger partial charge < -0.3 is 10.3 Å². The summed E-state index contributed by atoms with van der Waals surface area (Å²) in [5, 5.41) is 0. The SMILES string of the molecule is CC(C)(N)C(=O)N1CCn2c1nc1ccccc12. The third kappa shape index (κ3) is 1.51. The summed E-state index contributed by atoms with van der Waals surface area (Å²) in [7, 11) is 0. The van der Waals surface area contributed by atoms with E-state index in [0.29, 0.717) is 12.5 Å². The molecule has 0 radical (unpaired) electrons. The van der Waals surface area contributed by atoms with Crippen molar-refractivity contribution in [1.82, 2.24) is 9.55 Å². The molecule has 18 heavy (non-hydrogen) atoms. The molecule has 0 atom stereocenters. The normalized spacial score (nSPS) is 15.2. The minimum atomic E-state index is -0.868. The lowest BCUT2D eigenvalue weighted by Gasteiger charge is -2.23. The van der Waals surface area contributed by atoms with Gasteiger partial charge in [0.15, 0.2) is 0 Å². The summed E-state index contributed by atoms with van der Waals surface area (Å²) >= 11 is 0. The van der Waals surface area contributed by atoms with Crippen LogP contribution in [0, 0.1) is 0 Å². The first-order valence-corrected chi connectivity index (χ1v) is 6.04. The van der Waals surface area contributed by atoms with Gasteiger partial charge in [0, 0.05) is 13.1 Å². The van der Waals surface area contributed by atoms with Crippen molar-refractivity contribution >= 4 is 22.9 Å². The Hall–Kier alpha value is -1.88. The van der Waals surface area contributed by atoms with E-state index in [1.54, 1.807) is 18.7 Å². The number of nitrogens with zero attached hydrogens (tertiary/aromatic N) is 3. The van der Waals surface area contributed by atoms with Crippen molar-refractivity contribution in [2.45, 2.75) is 25.9 Å². The van der Waals surface area contributed by atoms with Gasteiger partial charge in [0.05, 0.1) is 16.6 Å². The molecule has 0 fully saturated rings. The Morgan fingerprint density at radius 3 is 2.78 bits per heavy atom. The Labute approximate surface area is 105 Å². The fourth-order valence-electron chi connectivity index (χ4n) is 2.33. The van der Waals surface area contributed by atoms with E-state index in [1.807, 2.05) is 24.3 Å². The van der Waals surface area contributed by atoms with E-state index in [4.69, 9.17) is 5.73 Å². The van der Waals surface area contributed by atoms with E-state index in [1.165, 1.54) is 0 Å². The number of hydrogen-bond donors (Lipinski definition) is 1. The predicted octanol–water partition coefficient (Wildman–Crippen LogP) is 1.12. The molecular formula is C13H16N4O. The second-order valence-electron chi connectivity index (χ2n) is 5.23. The number of benzene rings is 1. The minimum Gasteiger partial charge on any atom is -0.318 e. The summed E-state index contributed by atoms with van der Waals surface area (Å²) in [6, 6.07) is 7.91. The number of anilines is 1. The molecule has 1 aromatic carbocycles. The van der Waals surface area contributed by atoms with E-state index in [9.17, 15) is 4.79 Å². The van der Waals surface area contributed by atoms with Gasteiger partial charge in [-0.15, -0.1) is 0 Å². The number of aromatic nitrogens is 2. The summed E-state index contributed by atoms with van der Waals surface area (Å²) in [6.45, 7) is 4.87. The van der Waals surface area contributed by atoms with Crippen LogP contribution >= 0.6 is 0 Å². The van der Waals surface area contributed by atoms with E-state index >= 15 is 0 Å². The highest BCUT2D eigenvalue weighted by molar-refractivity contribution is 6.00. The molecule has 0 saturated heterocycles. The molecule has 0 bridgehead atoms. The molecule has 2 aromatic rings. The van der Waals surface area contributed by atoms with E-state index in [-0.39, 0.29) is 5.91 Å². The van der Waals surface area contributed by atoms with Crippen LogP contribution in [-0.4, -0.2) is 27.5 Å². The van der Waals surface area contributed by atoms with Gasteiger partial charge in [-0.25, -0.2) is 4.98 Å². The Kier molecular flexibility index (Phi) is 2.22. The van der Waals surface area contributed by atoms with Crippen molar-refractivity contribution in [2.24, 2.45) is 5.73 Å². The average Bonchev–Trinajstić information content (AvgIpc) is 2.84. The number of fused-ring (bicyclic) bond motifs is 3. The van der Waals surface area contributed by atoms with E-state index in [2.05, 4.69) is 9.55 Å². The van der Waals surface area contributed by atoms with Crippen LogP contribution < -0.4 is 10.6 Å². The number of imidazole rings is 1. The van der Waals surface area contributed by atoms with Crippen molar-refractivity contribution < 1.29 is 4.79 Å². The lowest BCUT2D eigenvalue weighted by Crippen LogP contribution is -2.51.